The molecule has 1 atom stereocenters. The van der Waals surface area contributed by atoms with E-state index in [9.17, 15) is 0 Å². The summed E-state index contributed by atoms with van der Waals surface area (Å²) < 4.78 is 0. The molecule has 3 heteroatoms. The largest absolute Gasteiger partial charge is 0.506 e. The minimum Gasteiger partial charge on any atom is -0.506 e. The predicted octanol–water partition coefficient (Wildman–Crippen LogP) is 3.24. The zero-order valence-corrected chi connectivity index (χ0v) is 10.9. The third-order valence-electron chi connectivity index (χ3n) is 2.93. The number of rotatable bonds is 8. The van der Waals surface area contributed by atoms with E-state index in [0.717, 1.165) is 12.2 Å². The standard InChI is InChI=1S/C14H24N2O/c1-3-4-5-6-7-12(2)15-10-13-8-9-14(17)11-16-13/h8-9,11-12,15,17H,3-7,10H2,1-2H3. The van der Waals surface area contributed by atoms with Crippen molar-refractivity contribution >= 4 is 0 Å². The van der Waals surface area contributed by atoms with Crippen LogP contribution < -0.4 is 5.32 Å². The number of nitrogens with one attached hydrogen (secondary N) is 1. The Morgan fingerprint density at radius 3 is 2.76 bits per heavy atom. The van der Waals surface area contributed by atoms with E-state index in [4.69, 9.17) is 5.11 Å². The summed E-state index contributed by atoms with van der Waals surface area (Å²) in [7, 11) is 0. The van der Waals surface area contributed by atoms with E-state index in [2.05, 4.69) is 24.1 Å². The third-order valence-corrected chi connectivity index (χ3v) is 2.93. The molecule has 3 nitrogen and oxygen atoms in total. The monoisotopic (exact) mass is 236 g/mol. The maximum Gasteiger partial charge on any atom is 0.133 e. The molecule has 0 spiro atoms. The smallest absolute Gasteiger partial charge is 0.133 e. The number of nitrogens with zero attached hydrogens (tertiary/aromatic N) is 1. The first kappa shape index (κ1) is 14.0. The molecule has 1 heterocycles. The highest BCUT2D eigenvalue weighted by molar-refractivity contribution is 5.17. The zero-order valence-electron chi connectivity index (χ0n) is 10.9. The molecule has 0 saturated carbocycles. The van der Waals surface area contributed by atoms with Gasteiger partial charge in [-0.2, -0.15) is 0 Å². The second-order valence-corrected chi connectivity index (χ2v) is 4.64. The second-order valence-electron chi connectivity index (χ2n) is 4.64. The molecule has 0 fully saturated rings. The number of aromatic hydroxyl groups is 1. The van der Waals surface area contributed by atoms with Crippen molar-refractivity contribution in [3.8, 4) is 5.75 Å². The van der Waals surface area contributed by atoms with Gasteiger partial charge in [-0.25, -0.2) is 0 Å². The van der Waals surface area contributed by atoms with Crippen molar-refractivity contribution < 1.29 is 5.11 Å². The fourth-order valence-electron chi connectivity index (χ4n) is 1.78. The lowest BCUT2D eigenvalue weighted by molar-refractivity contribution is 0.467. The minimum absolute atomic E-state index is 0.223. The maximum atomic E-state index is 9.12. The number of aromatic nitrogens is 1. The molecule has 17 heavy (non-hydrogen) atoms. The van der Waals surface area contributed by atoms with Crippen LogP contribution in [0, 0.1) is 0 Å². The van der Waals surface area contributed by atoms with Gasteiger partial charge >= 0.3 is 0 Å². The first-order chi connectivity index (χ1) is 8.22. The zero-order chi connectivity index (χ0) is 12.5. The first-order valence-corrected chi connectivity index (χ1v) is 6.59. The lowest BCUT2D eigenvalue weighted by Gasteiger charge is -2.13. The van der Waals surface area contributed by atoms with Crippen LogP contribution in [0.15, 0.2) is 18.3 Å². The lowest BCUT2D eigenvalue weighted by atomic mass is 10.1. The molecular weight excluding hydrogens is 212 g/mol. The topological polar surface area (TPSA) is 45.1 Å². The van der Waals surface area contributed by atoms with E-state index in [1.807, 2.05) is 6.07 Å². The molecule has 1 aromatic heterocycles. The van der Waals surface area contributed by atoms with Gasteiger partial charge in [0.05, 0.1) is 11.9 Å². The molecule has 0 amide bonds. The van der Waals surface area contributed by atoms with Crippen LogP contribution in [0.1, 0.15) is 51.6 Å². The highest BCUT2D eigenvalue weighted by Crippen LogP contribution is 2.08. The average molecular weight is 236 g/mol. The van der Waals surface area contributed by atoms with Gasteiger partial charge in [-0.05, 0) is 25.5 Å². The van der Waals surface area contributed by atoms with Crippen LogP contribution in [0.25, 0.3) is 0 Å². The van der Waals surface area contributed by atoms with Crippen LogP contribution in [0.5, 0.6) is 5.75 Å². The fourth-order valence-corrected chi connectivity index (χ4v) is 1.78. The molecule has 0 radical (unpaired) electrons. The van der Waals surface area contributed by atoms with Gasteiger partial charge in [-0.1, -0.05) is 32.6 Å². The van der Waals surface area contributed by atoms with Gasteiger partial charge in [0.15, 0.2) is 0 Å². The van der Waals surface area contributed by atoms with Crippen molar-refractivity contribution in [3.05, 3.63) is 24.0 Å². The molecule has 0 aromatic carbocycles. The summed E-state index contributed by atoms with van der Waals surface area (Å²) in [5.41, 5.74) is 0.975. The third kappa shape index (κ3) is 6.27. The molecule has 96 valence electrons. The van der Waals surface area contributed by atoms with Crippen LogP contribution >= 0.6 is 0 Å². The Bertz CT molecular complexity index is 298. The molecule has 0 saturated heterocycles. The van der Waals surface area contributed by atoms with E-state index in [1.54, 1.807) is 6.07 Å². The summed E-state index contributed by atoms with van der Waals surface area (Å²) in [4.78, 5) is 4.15. The summed E-state index contributed by atoms with van der Waals surface area (Å²) in [5, 5.41) is 12.6. The van der Waals surface area contributed by atoms with Crippen molar-refractivity contribution in [1.29, 1.82) is 0 Å². The van der Waals surface area contributed by atoms with Gasteiger partial charge < -0.3 is 10.4 Å². The molecular formula is C14H24N2O. The molecule has 1 unspecified atom stereocenters. The van der Waals surface area contributed by atoms with Crippen molar-refractivity contribution in [1.82, 2.24) is 10.3 Å². The van der Waals surface area contributed by atoms with Crippen LogP contribution in [0.4, 0.5) is 0 Å². The number of hydrogen-bond acceptors (Lipinski definition) is 3. The normalized spacial score (nSPS) is 12.6. The molecule has 0 aliphatic heterocycles. The van der Waals surface area contributed by atoms with E-state index >= 15 is 0 Å². The Hall–Kier alpha value is -1.09. The van der Waals surface area contributed by atoms with Crippen LogP contribution in [0.3, 0.4) is 0 Å². The van der Waals surface area contributed by atoms with Gasteiger partial charge in [0.2, 0.25) is 0 Å². The molecule has 0 bridgehead atoms. The SMILES string of the molecule is CCCCCCC(C)NCc1ccc(O)cn1. The first-order valence-electron chi connectivity index (χ1n) is 6.59. The van der Waals surface area contributed by atoms with Crippen molar-refractivity contribution in [2.75, 3.05) is 0 Å². The van der Waals surface area contributed by atoms with Crippen molar-refractivity contribution in [2.24, 2.45) is 0 Å². The minimum atomic E-state index is 0.223. The van der Waals surface area contributed by atoms with Crippen LogP contribution in [0.2, 0.25) is 0 Å². The Kier molecular flexibility index (Phi) is 6.63. The van der Waals surface area contributed by atoms with Gasteiger partial charge in [0, 0.05) is 12.6 Å². The molecule has 0 aliphatic carbocycles. The Morgan fingerprint density at radius 2 is 2.12 bits per heavy atom. The Morgan fingerprint density at radius 1 is 1.29 bits per heavy atom. The molecule has 1 rings (SSSR count). The number of unbranched alkanes of at least 4 members (excludes halogenated alkanes) is 3. The molecule has 1 aromatic rings. The fraction of sp³-hybridized carbons (Fsp3) is 0.643. The van der Waals surface area contributed by atoms with Gasteiger partial charge in [0.1, 0.15) is 5.75 Å². The Labute approximate surface area is 104 Å². The van der Waals surface area contributed by atoms with Crippen LogP contribution in [-0.4, -0.2) is 16.1 Å². The van der Waals surface area contributed by atoms with E-state index in [1.165, 1.54) is 38.3 Å². The van der Waals surface area contributed by atoms with Crippen LogP contribution in [-0.2, 0) is 6.54 Å². The van der Waals surface area contributed by atoms with Crippen molar-refractivity contribution in [3.63, 3.8) is 0 Å². The highest BCUT2D eigenvalue weighted by atomic mass is 16.3. The number of pyridine rings is 1. The predicted molar refractivity (Wildman–Crippen MR) is 71.0 cm³/mol. The van der Waals surface area contributed by atoms with E-state index in [-0.39, 0.29) is 5.75 Å². The summed E-state index contributed by atoms with van der Waals surface area (Å²) >= 11 is 0. The van der Waals surface area contributed by atoms with E-state index < -0.39 is 0 Å². The quantitative estimate of drug-likeness (QED) is 0.681. The summed E-state index contributed by atoms with van der Waals surface area (Å²) in [6.07, 6.45) is 7.97. The highest BCUT2D eigenvalue weighted by Gasteiger charge is 2.02. The van der Waals surface area contributed by atoms with E-state index in [0.29, 0.717) is 6.04 Å². The van der Waals surface area contributed by atoms with Gasteiger partial charge in [-0.15, -0.1) is 0 Å². The molecule has 2 N–H and O–H groups in total. The maximum absolute atomic E-state index is 9.12. The average Bonchev–Trinajstić information content (AvgIpc) is 2.34. The van der Waals surface area contributed by atoms with Gasteiger partial charge in [0.25, 0.3) is 0 Å². The second kappa shape index (κ2) is 8.07. The number of hydrogen-bond donors (Lipinski definition) is 2. The molecule has 0 aliphatic rings. The Balaban J connectivity index is 2.14. The summed E-state index contributed by atoms with van der Waals surface area (Å²) in [6.45, 7) is 5.22. The summed E-state index contributed by atoms with van der Waals surface area (Å²) in [5.74, 6) is 0.223. The summed E-state index contributed by atoms with van der Waals surface area (Å²) in [6, 6.07) is 4.06. The van der Waals surface area contributed by atoms with Gasteiger partial charge in [-0.3, -0.25) is 4.98 Å². The van der Waals surface area contributed by atoms with Crippen molar-refractivity contribution in [2.45, 2.75) is 58.5 Å². The lowest BCUT2D eigenvalue weighted by Crippen LogP contribution is -2.25.